The van der Waals surface area contributed by atoms with E-state index in [1.165, 1.54) is 11.1 Å². The van der Waals surface area contributed by atoms with Crippen LogP contribution in [0.5, 0.6) is 5.75 Å². The highest BCUT2D eigenvalue weighted by Crippen LogP contribution is 2.32. The first-order chi connectivity index (χ1) is 16.5. The van der Waals surface area contributed by atoms with Crippen LogP contribution in [0, 0.1) is 0 Å². The molecule has 0 saturated carbocycles. The average Bonchev–Trinajstić information content (AvgIpc) is 3.25. The molecule has 0 bridgehead atoms. The molecule has 8 nitrogen and oxygen atoms in total. The minimum absolute atomic E-state index is 0.0759. The van der Waals surface area contributed by atoms with Gasteiger partial charge in [-0.3, -0.25) is 9.59 Å². The van der Waals surface area contributed by atoms with Crippen LogP contribution in [0.2, 0.25) is 0 Å². The lowest BCUT2D eigenvalue weighted by molar-refractivity contribution is -0.195. The van der Waals surface area contributed by atoms with E-state index in [9.17, 15) is 14.7 Å². The van der Waals surface area contributed by atoms with E-state index in [-0.39, 0.29) is 30.5 Å². The molecule has 180 valence electrons. The Bertz CT molecular complexity index is 1050. The van der Waals surface area contributed by atoms with Crippen molar-refractivity contribution in [2.75, 3.05) is 32.8 Å². The monoisotopic (exact) mass is 465 g/mol. The Kier molecular flexibility index (Phi) is 6.54. The van der Waals surface area contributed by atoms with Gasteiger partial charge in [-0.05, 0) is 49.1 Å². The van der Waals surface area contributed by atoms with Gasteiger partial charge >= 0.3 is 0 Å². The number of aliphatic hydroxyl groups is 1. The molecule has 2 amide bonds. The van der Waals surface area contributed by atoms with Crippen molar-refractivity contribution in [3.63, 3.8) is 0 Å². The summed E-state index contributed by atoms with van der Waals surface area (Å²) in [6.45, 7) is 3.91. The molecule has 2 aromatic carbocycles. The number of amides is 2. The van der Waals surface area contributed by atoms with E-state index in [1.807, 2.05) is 19.1 Å². The number of benzene rings is 2. The van der Waals surface area contributed by atoms with Crippen molar-refractivity contribution in [3.05, 3.63) is 64.7 Å². The van der Waals surface area contributed by atoms with Gasteiger partial charge < -0.3 is 30.1 Å². The van der Waals surface area contributed by atoms with Crippen LogP contribution in [0.15, 0.2) is 42.5 Å². The van der Waals surface area contributed by atoms with Gasteiger partial charge in [0.15, 0.2) is 0 Å². The predicted molar refractivity (Wildman–Crippen MR) is 126 cm³/mol. The standard InChI is InChI=1S/C26H31N3O5/c1-2-33-23-11-18(26(32)29-14-24-22(29)15-34-24)7-8-21(23)25(31)28-13-20(30)12-27-19-9-16-5-3-4-6-17(16)10-19/h3-8,11,19-20,22,24,27,30H,2,9-10,12-15H2,1H3,(H,28,31)/t20-,22?,24-/m0/s1. The Morgan fingerprint density at radius 1 is 1.18 bits per heavy atom. The van der Waals surface area contributed by atoms with Crippen LogP contribution in [0.25, 0.3) is 0 Å². The zero-order chi connectivity index (χ0) is 23.7. The molecule has 3 aliphatic rings. The van der Waals surface area contributed by atoms with E-state index in [4.69, 9.17) is 9.47 Å². The smallest absolute Gasteiger partial charge is 0.255 e. The Morgan fingerprint density at radius 3 is 2.56 bits per heavy atom. The van der Waals surface area contributed by atoms with Crippen LogP contribution in [0.3, 0.4) is 0 Å². The topological polar surface area (TPSA) is 100 Å². The highest BCUT2D eigenvalue weighted by molar-refractivity contribution is 6.00. The van der Waals surface area contributed by atoms with Gasteiger partial charge in [-0.25, -0.2) is 0 Å². The zero-order valence-electron chi connectivity index (χ0n) is 19.3. The van der Waals surface area contributed by atoms with Crippen LogP contribution >= 0.6 is 0 Å². The van der Waals surface area contributed by atoms with E-state index < -0.39 is 6.10 Å². The summed E-state index contributed by atoms with van der Waals surface area (Å²) in [5.41, 5.74) is 3.54. The van der Waals surface area contributed by atoms with Gasteiger partial charge in [0.2, 0.25) is 0 Å². The van der Waals surface area contributed by atoms with Crippen molar-refractivity contribution in [3.8, 4) is 5.75 Å². The number of carbonyl (C=O) groups is 2. The summed E-state index contributed by atoms with van der Waals surface area (Å²) in [6.07, 6.45) is 1.35. The number of morpholine rings is 1. The molecule has 0 aromatic heterocycles. The van der Waals surface area contributed by atoms with E-state index in [0.29, 0.717) is 49.2 Å². The molecule has 2 saturated heterocycles. The number of ether oxygens (including phenoxy) is 2. The third-order valence-electron chi connectivity index (χ3n) is 6.91. The summed E-state index contributed by atoms with van der Waals surface area (Å²) in [6, 6.07) is 13.7. The van der Waals surface area contributed by atoms with Crippen LogP contribution in [-0.2, 0) is 17.6 Å². The molecular formula is C26H31N3O5. The molecule has 0 radical (unpaired) electrons. The lowest BCUT2D eigenvalue weighted by Gasteiger charge is -2.54. The van der Waals surface area contributed by atoms with E-state index in [2.05, 4.69) is 22.8 Å². The summed E-state index contributed by atoms with van der Waals surface area (Å²) in [4.78, 5) is 27.4. The Balaban J connectivity index is 1.13. The van der Waals surface area contributed by atoms with E-state index >= 15 is 0 Å². The number of carbonyl (C=O) groups excluding carboxylic acids is 2. The van der Waals surface area contributed by atoms with Crippen LogP contribution < -0.4 is 15.4 Å². The summed E-state index contributed by atoms with van der Waals surface area (Å²) in [5, 5.41) is 16.6. The molecule has 34 heavy (non-hydrogen) atoms. The van der Waals surface area contributed by atoms with Gasteiger partial charge in [-0.2, -0.15) is 0 Å². The Labute approximate surface area is 199 Å². The number of aliphatic hydroxyl groups excluding tert-OH is 1. The second-order valence-corrected chi connectivity index (χ2v) is 9.19. The molecule has 1 unspecified atom stereocenters. The molecule has 0 spiro atoms. The number of hydrogen-bond donors (Lipinski definition) is 3. The molecule has 2 aromatic rings. The molecule has 2 fully saturated rings. The fourth-order valence-corrected chi connectivity index (χ4v) is 4.88. The maximum absolute atomic E-state index is 12.8. The second-order valence-electron chi connectivity index (χ2n) is 9.19. The number of fused-ring (bicyclic) bond motifs is 2. The molecule has 2 heterocycles. The fraction of sp³-hybridized carbons (Fsp3) is 0.462. The molecule has 5 rings (SSSR count). The lowest BCUT2D eigenvalue weighted by atomic mass is 9.93. The van der Waals surface area contributed by atoms with Crippen molar-refractivity contribution >= 4 is 11.8 Å². The molecular weight excluding hydrogens is 434 g/mol. The highest BCUT2D eigenvalue weighted by Gasteiger charge is 2.49. The van der Waals surface area contributed by atoms with Crippen LogP contribution in [0.1, 0.15) is 38.8 Å². The number of rotatable bonds is 9. The Morgan fingerprint density at radius 2 is 1.94 bits per heavy atom. The SMILES string of the molecule is CCOc1cc(C(=O)N2C[C@@H]3OCC32)ccc1C(=O)NC[C@@H](O)CNC1Cc2ccccc2C1. The van der Waals surface area contributed by atoms with Crippen LogP contribution in [-0.4, -0.2) is 79.0 Å². The minimum atomic E-state index is -0.715. The first kappa shape index (κ1) is 22.8. The van der Waals surface area contributed by atoms with E-state index in [1.54, 1.807) is 23.1 Å². The third-order valence-corrected chi connectivity index (χ3v) is 6.91. The maximum Gasteiger partial charge on any atom is 0.255 e. The van der Waals surface area contributed by atoms with Crippen molar-refractivity contribution in [1.29, 1.82) is 0 Å². The number of likely N-dealkylation sites (tertiary alicyclic amines) is 1. The normalized spacial score (nSPS) is 21.6. The Hall–Kier alpha value is -2.94. The average molecular weight is 466 g/mol. The predicted octanol–water partition coefficient (Wildman–Crippen LogP) is 1.16. The van der Waals surface area contributed by atoms with Crippen molar-refractivity contribution < 1.29 is 24.2 Å². The zero-order valence-corrected chi connectivity index (χ0v) is 19.3. The number of hydrogen-bond acceptors (Lipinski definition) is 6. The second kappa shape index (κ2) is 9.74. The highest BCUT2D eigenvalue weighted by atomic mass is 16.5. The van der Waals surface area contributed by atoms with Gasteiger partial charge in [-0.1, -0.05) is 24.3 Å². The van der Waals surface area contributed by atoms with Crippen molar-refractivity contribution in [2.24, 2.45) is 0 Å². The van der Waals surface area contributed by atoms with Gasteiger partial charge in [0, 0.05) is 31.2 Å². The fourth-order valence-electron chi connectivity index (χ4n) is 4.88. The quantitative estimate of drug-likeness (QED) is 0.514. The summed E-state index contributed by atoms with van der Waals surface area (Å²) >= 11 is 0. The third kappa shape index (κ3) is 4.53. The largest absolute Gasteiger partial charge is 0.493 e. The van der Waals surface area contributed by atoms with Crippen LogP contribution in [0.4, 0.5) is 0 Å². The molecule has 2 aliphatic heterocycles. The van der Waals surface area contributed by atoms with E-state index in [0.717, 1.165) is 12.8 Å². The number of nitrogens with zero attached hydrogens (tertiary/aromatic N) is 1. The van der Waals surface area contributed by atoms with Crippen molar-refractivity contribution in [2.45, 2.75) is 44.1 Å². The first-order valence-electron chi connectivity index (χ1n) is 12.0. The lowest BCUT2D eigenvalue weighted by Crippen LogP contribution is -2.71. The van der Waals surface area contributed by atoms with Gasteiger partial charge in [-0.15, -0.1) is 0 Å². The summed E-state index contributed by atoms with van der Waals surface area (Å²) in [7, 11) is 0. The van der Waals surface area contributed by atoms with Gasteiger partial charge in [0.25, 0.3) is 11.8 Å². The van der Waals surface area contributed by atoms with Gasteiger partial charge in [0.1, 0.15) is 5.75 Å². The van der Waals surface area contributed by atoms with Crippen molar-refractivity contribution in [1.82, 2.24) is 15.5 Å². The minimum Gasteiger partial charge on any atom is -0.493 e. The molecule has 8 heteroatoms. The van der Waals surface area contributed by atoms with Gasteiger partial charge in [0.05, 0.1) is 37.0 Å². The number of nitrogens with one attached hydrogen (secondary N) is 2. The molecule has 1 aliphatic carbocycles. The first-order valence-corrected chi connectivity index (χ1v) is 12.0. The summed E-state index contributed by atoms with van der Waals surface area (Å²) in [5.74, 6) is -0.0525. The summed E-state index contributed by atoms with van der Waals surface area (Å²) < 4.78 is 11.0. The maximum atomic E-state index is 12.8. The molecule has 3 atom stereocenters. The molecule has 3 N–H and O–H groups in total.